The summed E-state index contributed by atoms with van der Waals surface area (Å²) in [4.78, 5) is 25.9. The van der Waals surface area contributed by atoms with Crippen LogP contribution in [0.4, 0.5) is 4.79 Å². The van der Waals surface area contributed by atoms with E-state index < -0.39 is 17.7 Å². The lowest BCUT2D eigenvalue weighted by Crippen LogP contribution is -2.33. The maximum atomic E-state index is 11.6. The van der Waals surface area contributed by atoms with Crippen LogP contribution in [-0.2, 0) is 11.2 Å². The van der Waals surface area contributed by atoms with Crippen LogP contribution in [0.5, 0.6) is 0 Å². The Morgan fingerprint density at radius 3 is 2.57 bits per heavy atom. The van der Waals surface area contributed by atoms with E-state index in [9.17, 15) is 9.59 Å². The maximum Gasteiger partial charge on any atom is 0.407 e. The first-order valence-electron chi connectivity index (χ1n) is 7.48. The van der Waals surface area contributed by atoms with Gasteiger partial charge in [0.05, 0.1) is 5.56 Å². The van der Waals surface area contributed by atoms with Crippen LogP contribution in [0.2, 0.25) is 0 Å². The van der Waals surface area contributed by atoms with Gasteiger partial charge in [0.15, 0.2) is 0 Å². The highest BCUT2D eigenvalue weighted by atomic mass is 16.6. The molecule has 3 N–H and O–H groups in total. The maximum absolute atomic E-state index is 11.6. The van der Waals surface area contributed by atoms with Crippen molar-refractivity contribution >= 4 is 23.0 Å². The van der Waals surface area contributed by atoms with Gasteiger partial charge in [-0.3, -0.25) is 0 Å². The molecule has 0 aliphatic heterocycles. The first kappa shape index (κ1) is 16.9. The summed E-state index contributed by atoms with van der Waals surface area (Å²) in [5.41, 5.74) is 2.20. The van der Waals surface area contributed by atoms with E-state index in [0.717, 1.165) is 22.2 Å². The Balaban J connectivity index is 2.02. The fourth-order valence-corrected chi connectivity index (χ4v) is 2.33. The van der Waals surface area contributed by atoms with E-state index in [1.54, 1.807) is 13.0 Å². The molecule has 6 nitrogen and oxygen atoms in total. The van der Waals surface area contributed by atoms with Crippen LogP contribution in [0.25, 0.3) is 10.9 Å². The predicted molar refractivity (Wildman–Crippen MR) is 87.9 cm³/mol. The molecule has 0 radical (unpaired) electrons. The Hall–Kier alpha value is -2.50. The molecule has 1 heterocycles. The highest BCUT2D eigenvalue weighted by Gasteiger charge is 2.15. The fraction of sp³-hybridized carbons (Fsp3) is 0.412. The molecular formula is C17H22N2O4. The number of carboxylic acids is 1. The lowest BCUT2D eigenvalue weighted by atomic mass is 10.1. The van der Waals surface area contributed by atoms with E-state index in [2.05, 4.69) is 10.3 Å². The lowest BCUT2D eigenvalue weighted by Gasteiger charge is -2.19. The van der Waals surface area contributed by atoms with Crippen molar-refractivity contribution in [3.63, 3.8) is 0 Å². The first-order chi connectivity index (χ1) is 10.7. The van der Waals surface area contributed by atoms with E-state index in [-0.39, 0.29) is 5.56 Å². The van der Waals surface area contributed by atoms with Crippen molar-refractivity contribution in [2.75, 3.05) is 6.54 Å². The molecule has 0 aliphatic carbocycles. The van der Waals surface area contributed by atoms with Crippen molar-refractivity contribution in [2.24, 2.45) is 0 Å². The number of carbonyl (C=O) groups excluding carboxylic acids is 1. The molecule has 1 aromatic heterocycles. The normalized spacial score (nSPS) is 11.5. The van der Waals surface area contributed by atoms with Crippen molar-refractivity contribution in [3.05, 3.63) is 35.0 Å². The van der Waals surface area contributed by atoms with Gasteiger partial charge in [0, 0.05) is 24.2 Å². The molecule has 124 valence electrons. The number of carbonyl (C=O) groups is 2. The van der Waals surface area contributed by atoms with Gasteiger partial charge in [0.1, 0.15) is 5.60 Å². The molecule has 0 bridgehead atoms. The number of aryl methyl sites for hydroxylation is 1. The summed E-state index contributed by atoms with van der Waals surface area (Å²) in [7, 11) is 0. The lowest BCUT2D eigenvalue weighted by molar-refractivity contribution is 0.0527. The molecule has 0 aliphatic rings. The van der Waals surface area contributed by atoms with E-state index in [1.165, 1.54) is 0 Å². The van der Waals surface area contributed by atoms with Gasteiger partial charge in [-0.15, -0.1) is 0 Å². The summed E-state index contributed by atoms with van der Waals surface area (Å²) in [6.45, 7) is 7.65. The van der Waals surface area contributed by atoms with Crippen molar-refractivity contribution in [1.29, 1.82) is 0 Å². The number of aromatic nitrogens is 1. The van der Waals surface area contributed by atoms with Gasteiger partial charge in [0.25, 0.3) is 0 Å². The van der Waals surface area contributed by atoms with Crippen LogP contribution in [0.1, 0.15) is 42.4 Å². The molecule has 23 heavy (non-hydrogen) atoms. The number of carboxylic acid groups (broad SMARTS) is 1. The van der Waals surface area contributed by atoms with Crippen molar-refractivity contribution in [1.82, 2.24) is 10.3 Å². The van der Waals surface area contributed by atoms with Gasteiger partial charge < -0.3 is 20.1 Å². The van der Waals surface area contributed by atoms with Gasteiger partial charge in [-0.2, -0.15) is 0 Å². The number of benzene rings is 1. The van der Waals surface area contributed by atoms with Crippen LogP contribution in [0.15, 0.2) is 18.2 Å². The first-order valence-corrected chi connectivity index (χ1v) is 7.48. The highest BCUT2D eigenvalue weighted by molar-refractivity contribution is 5.95. The number of amides is 1. The number of alkyl carbamates (subject to hydrolysis) is 1. The molecule has 2 rings (SSSR count). The van der Waals surface area contributed by atoms with Gasteiger partial charge in [-0.25, -0.2) is 9.59 Å². The van der Waals surface area contributed by atoms with Crippen molar-refractivity contribution in [2.45, 2.75) is 39.7 Å². The summed E-state index contributed by atoms with van der Waals surface area (Å²) in [6, 6.07) is 5.45. The smallest absolute Gasteiger partial charge is 0.407 e. The van der Waals surface area contributed by atoms with Crippen LogP contribution < -0.4 is 5.32 Å². The Bertz CT molecular complexity index is 741. The molecular weight excluding hydrogens is 296 g/mol. The largest absolute Gasteiger partial charge is 0.478 e. The van der Waals surface area contributed by atoms with Gasteiger partial charge >= 0.3 is 12.1 Å². The Labute approximate surface area is 134 Å². The number of rotatable bonds is 4. The average molecular weight is 318 g/mol. The number of aromatic carboxylic acids is 1. The van der Waals surface area contributed by atoms with E-state index in [4.69, 9.17) is 9.84 Å². The average Bonchev–Trinajstić information content (AvgIpc) is 2.76. The van der Waals surface area contributed by atoms with Gasteiger partial charge in [-0.05, 0) is 56.8 Å². The summed E-state index contributed by atoms with van der Waals surface area (Å²) in [5.74, 6) is -0.938. The Morgan fingerprint density at radius 2 is 1.96 bits per heavy atom. The molecule has 0 saturated carbocycles. The monoisotopic (exact) mass is 318 g/mol. The zero-order valence-electron chi connectivity index (χ0n) is 13.8. The summed E-state index contributed by atoms with van der Waals surface area (Å²) < 4.78 is 5.17. The van der Waals surface area contributed by atoms with Crippen molar-refractivity contribution < 1.29 is 19.4 Å². The van der Waals surface area contributed by atoms with Crippen LogP contribution >= 0.6 is 0 Å². The number of aromatic amines is 1. The standard InChI is InChI=1S/C17H22N2O4/c1-10-7-11-8-12(19-14(11)9-13(10)15(20)21)5-6-18-16(22)23-17(2,3)4/h7-9,19H,5-6H2,1-4H3,(H,18,22)(H,20,21). The molecule has 0 atom stereocenters. The highest BCUT2D eigenvalue weighted by Crippen LogP contribution is 2.21. The molecule has 0 saturated heterocycles. The topological polar surface area (TPSA) is 91.4 Å². The molecule has 6 heteroatoms. The number of nitrogens with one attached hydrogen (secondary N) is 2. The Kier molecular flexibility index (Phi) is 4.63. The summed E-state index contributed by atoms with van der Waals surface area (Å²) in [6.07, 6.45) is 0.160. The van der Waals surface area contributed by atoms with Crippen LogP contribution in [0, 0.1) is 6.92 Å². The molecule has 0 spiro atoms. The second kappa shape index (κ2) is 6.32. The molecule has 0 unspecified atom stereocenters. The van der Waals surface area contributed by atoms with E-state index in [0.29, 0.717) is 13.0 Å². The minimum absolute atomic E-state index is 0.290. The van der Waals surface area contributed by atoms with Crippen LogP contribution in [0.3, 0.4) is 0 Å². The van der Waals surface area contributed by atoms with Crippen LogP contribution in [-0.4, -0.2) is 34.3 Å². The Morgan fingerprint density at radius 1 is 1.26 bits per heavy atom. The van der Waals surface area contributed by atoms with E-state index >= 15 is 0 Å². The third-order valence-corrected chi connectivity index (χ3v) is 3.31. The number of H-pyrrole nitrogens is 1. The van der Waals surface area contributed by atoms with E-state index in [1.807, 2.05) is 32.9 Å². The van der Waals surface area contributed by atoms with Crippen molar-refractivity contribution in [3.8, 4) is 0 Å². The minimum atomic E-state index is -0.938. The zero-order chi connectivity index (χ0) is 17.2. The minimum Gasteiger partial charge on any atom is -0.478 e. The fourth-order valence-electron chi connectivity index (χ4n) is 2.33. The third-order valence-electron chi connectivity index (χ3n) is 3.31. The summed E-state index contributed by atoms with van der Waals surface area (Å²) in [5, 5.41) is 12.8. The second-order valence-electron chi connectivity index (χ2n) is 6.53. The number of ether oxygens (including phenoxy) is 1. The predicted octanol–water partition coefficient (Wildman–Crippen LogP) is 3.24. The van der Waals surface area contributed by atoms with Gasteiger partial charge in [0.2, 0.25) is 0 Å². The molecule has 1 amide bonds. The van der Waals surface area contributed by atoms with Gasteiger partial charge in [-0.1, -0.05) is 0 Å². The number of hydrogen-bond donors (Lipinski definition) is 3. The third kappa shape index (κ3) is 4.48. The molecule has 0 fully saturated rings. The number of hydrogen-bond acceptors (Lipinski definition) is 3. The molecule has 1 aromatic carbocycles. The molecule has 2 aromatic rings. The number of fused-ring (bicyclic) bond motifs is 1. The zero-order valence-corrected chi connectivity index (χ0v) is 13.8. The summed E-state index contributed by atoms with van der Waals surface area (Å²) >= 11 is 0. The second-order valence-corrected chi connectivity index (χ2v) is 6.53. The quantitative estimate of drug-likeness (QED) is 0.807. The SMILES string of the molecule is Cc1cc2cc(CCNC(=O)OC(C)(C)C)[nH]c2cc1C(=O)O.